The second kappa shape index (κ2) is 4.50. The van der Waals surface area contributed by atoms with Crippen LogP contribution in [0.25, 0.3) is 0 Å². The van der Waals surface area contributed by atoms with Gasteiger partial charge in [0.25, 0.3) is 0 Å². The van der Waals surface area contributed by atoms with E-state index in [2.05, 4.69) is 0 Å². The average molecular weight is 264 g/mol. The molecular formula is C12H13ClF3N. The highest BCUT2D eigenvalue weighted by molar-refractivity contribution is 6.30. The molecule has 0 unspecified atom stereocenters. The average Bonchev–Trinajstić information content (AvgIpc) is 3.00. The lowest BCUT2D eigenvalue weighted by Crippen LogP contribution is -2.18. The van der Waals surface area contributed by atoms with E-state index in [1.807, 2.05) is 0 Å². The second-order valence-electron chi connectivity index (χ2n) is 4.51. The molecule has 1 fully saturated rings. The van der Waals surface area contributed by atoms with Gasteiger partial charge in [-0.15, -0.1) is 0 Å². The highest BCUT2D eigenvalue weighted by Crippen LogP contribution is 2.41. The molecule has 0 heterocycles. The van der Waals surface area contributed by atoms with E-state index in [1.54, 1.807) is 0 Å². The van der Waals surface area contributed by atoms with Crippen LogP contribution < -0.4 is 5.73 Å². The van der Waals surface area contributed by atoms with Crippen LogP contribution in [0.5, 0.6) is 0 Å². The molecule has 1 saturated carbocycles. The lowest BCUT2D eigenvalue weighted by molar-refractivity contribution is -0.138. The van der Waals surface area contributed by atoms with Crippen molar-refractivity contribution in [2.45, 2.75) is 31.5 Å². The maximum absolute atomic E-state index is 12.8. The first-order chi connectivity index (χ1) is 7.88. The zero-order valence-electron chi connectivity index (χ0n) is 9.10. The first-order valence-corrected chi connectivity index (χ1v) is 5.88. The molecule has 0 bridgehead atoms. The van der Waals surface area contributed by atoms with Crippen LogP contribution in [0.15, 0.2) is 18.2 Å². The summed E-state index contributed by atoms with van der Waals surface area (Å²) in [5.74, 6) is 0.488. The van der Waals surface area contributed by atoms with Crippen LogP contribution in [-0.2, 0) is 6.18 Å². The monoisotopic (exact) mass is 263 g/mol. The number of rotatable bonds is 3. The van der Waals surface area contributed by atoms with Gasteiger partial charge in [0.2, 0.25) is 0 Å². The number of hydrogen-bond acceptors (Lipinski definition) is 1. The van der Waals surface area contributed by atoms with Crippen LogP contribution in [0, 0.1) is 5.92 Å². The summed E-state index contributed by atoms with van der Waals surface area (Å²) in [6.07, 6.45) is -1.64. The van der Waals surface area contributed by atoms with E-state index in [0.717, 1.165) is 18.9 Å². The van der Waals surface area contributed by atoms with Gasteiger partial charge in [-0.05, 0) is 30.0 Å². The van der Waals surface area contributed by atoms with Crippen molar-refractivity contribution in [1.82, 2.24) is 0 Å². The van der Waals surface area contributed by atoms with Crippen LogP contribution in [0.3, 0.4) is 0 Å². The largest absolute Gasteiger partial charge is 0.416 e. The summed E-state index contributed by atoms with van der Waals surface area (Å²) in [6.45, 7) is 0. The van der Waals surface area contributed by atoms with Crippen LogP contribution >= 0.6 is 11.6 Å². The maximum atomic E-state index is 12.8. The molecule has 94 valence electrons. The van der Waals surface area contributed by atoms with Gasteiger partial charge in [-0.2, -0.15) is 13.2 Å². The number of hydrogen-bond donors (Lipinski definition) is 1. The molecule has 1 atom stereocenters. The van der Waals surface area contributed by atoms with Crippen LogP contribution in [0.1, 0.15) is 36.4 Å². The Morgan fingerprint density at radius 1 is 1.35 bits per heavy atom. The van der Waals surface area contributed by atoms with Crippen molar-refractivity contribution in [1.29, 1.82) is 0 Å². The smallest absolute Gasteiger partial charge is 0.324 e. The molecule has 5 heteroatoms. The van der Waals surface area contributed by atoms with Crippen molar-refractivity contribution in [3.05, 3.63) is 34.3 Å². The molecule has 1 aliphatic carbocycles. The zero-order valence-corrected chi connectivity index (χ0v) is 9.85. The Kier molecular flexibility index (Phi) is 3.36. The first-order valence-electron chi connectivity index (χ1n) is 5.50. The summed E-state index contributed by atoms with van der Waals surface area (Å²) < 4.78 is 38.5. The van der Waals surface area contributed by atoms with Gasteiger partial charge in [0.15, 0.2) is 0 Å². The molecule has 17 heavy (non-hydrogen) atoms. The predicted octanol–water partition coefficient (Wildman–Crippen LogP) is 4.16. The molecular weight excluding hydrogens is 251 g/mol. The Labute approximate surface area is 103 Å². The van der Waals surface area contributed by atoms with Gasteiger partial charge < -0.3 is 5.73 Å². The van der Waals surface area contributed by atoms with E-state index in [9.17, 15) is 13.2 Å². The summed E-state index contributed by atoms with van der Waals surface area (Å²) in [5, 5.41) is 0.0831. The van der Waals surface area contributed by atoms with E-state index in [0.29, 0.717) is 12.3 Å². The summed E-state index contributed by atoms with van der Waals surface area (Å²) in [4.78, 5) is 0. The topological polar surface area (TPSA) is 26.0 Å². The lowest BCUT2D eigenvalue weighted by Gasteiger charge is -2.18. The molecule has 0 aromatic heterocycles. The van der Waals surface area contributed by atoms with Crippen molar-refractivity contribution < 1.29 is 13.2 Å². The molecule has 0 radical (unpaired) electrons. The van der Waals surface area contributed by atoms with Crippen molar-refractivity contribution in [3.63, 3.8) is 0 Å². The number of nitrogens with two attached hydrogens (primary N) is 1. The van der Waals surface area contributed by atoms with Crippen LogP contribution in [0.4, 0.5) is 13.2 Å². The number of halogens is 4. The number of alkyl halides is 3. The van der Waals surface area contributed by atoms with Gasteiger partial charge >= 0.3 is 6.18 Å². The Morgan fingerprint density at radius 3 is 2.53 bits per heavy atom. The highest BCUT2D eigenvalue weighted by Gasteiger charge is 2.36. The van der Waals surface area contributed by atoms with Crippen molar-refractivity contribution in [3.8, 4) is 0 Å². The SMILES string of the molecule is N[C@H](CC1CC1)c1ccc(Cl)cc1C(F)(F)F. The minimum Gasteiger partial charge on any atom is -0.324 e. The third kappa shape index (κ3) is 3.13. The lowest BCUT2D eigenvalue weighted by atomic mass is 9.96. The van der Waals surface area contributed by atoms with E-state index >= 15 is 0 Å². The van der Waals surface area contributed by atoms with Crippen molar-refractivity contribution in [2.24, 2.45) is 11.7 Å². The third-order valence-electron chi connectivity index (χ3n) is 3.00. The quantitative estimate of drug-likeness (QED) is 0.871. The Hall–Kier alpha value is -0.740. The molecule has 1 aromatic rings. The van der Waals surface area contributed by atoms with Gasteiger partial charge in [-0.25, -0.2) is 0 Å². The first kappa shape index (κ1) is 12.7. The van der Waals surface area contributed by atoms with Crippen LogP contribution in [-0.4, -0.2) is 0 Å². The summed E-state index contributed by atoms with van der Waals surface area (Å²) in [7, 11) is 0. The fourth-order valence-electron chi connectivity index (χ4n) is 1.94. The molecule has 2 rings (SSSR count). The molecule has 0 spiro atoms. The molecule has 0 saturated heterocycles. The molecule has 0 aliphatic heterocycles. The predicted molar refractivity (Wildman–Crippen MR) is 60.7 cm³/mol. The molecule has 2 N–H and O–H groups in total. The number of benzene rings is 1. The molecule has 0 amide bonds. The van der Waals surface area contributed by atoms with E-state index in [-0.39, 0.29) is 10.6 Å². The summed E-state index contributed by atoms with van der Waals surface area (Å²) >= 11 is 5.60. The van der Waals surface area contributed by atoms with Crippen molar-refractivity contribution >= 4 is 11.6 Å². The maximum Gasteiger partial charge on any atom is 0.416 e. The van der Waals surface area contributed by atoms with Gasteiger partial charge in [0, 0.05) is 11.1 Å². The van der Waals surface area contributed by atoms with E-state index in [4.69, 9.17) is 17.3 Å². The standard InChI is InChI=1S/C12H13ClF3N/c13-8-3-4-9(10(6-8)12(14,15)16)11(17)5-7-1-2-7/h3-4,6-7,11H,1-2,5,17H2/t11-/m1/s1. The Morgan fingerprint density at radius 2 is 2.00 bits per heavy atom. The molecule has 1 aliphatic rings. The van der Waals surface area contributed by atoms with E-state index in [1.165, 1.54) is 12.1 Å². The fourth-order valence-corrected chi connectivity index (χ4v) is 2.11. The summed E-state index contributed by atoms with van der Waals surface area (Å²) in [6, 6.07) is 3.23. The second-order valence-corrected chi connectivity index (χ2v) is 4.95. The fraction of sp³-hybridized carbons (Fsp3) is 0.500. The van der Waals surface area contributed by atoms with Gasteiger partial charge in [0.05, 0.1) is 5.56 Å². The van der Waals surface area contributed by atoms with Gasteiger partial charge in [-0.1, -0.05) is 30.5 Å². The summed E-state index contributed by atoms with van der Waals surface area (Å²) in [5.41, 5.74) is 5.28. The minimum atomic E-state index is -4.40. The Balaban J connectivity index is 2.30. The van der Waals surface area contributed by atoms with Gasteiger partial charge in [0.1, 0.15) is 0 Å². The van der Waals surface area contributed by atoms with E-state index < -0.39 is 17.8 Å². The highest BCUT2D eigenvalue weighted by atomic mass is 35.5. The minimum absolute atomic E-state index is 0.0831. The van der Waals surface area contributed by atoms with Crippen LogP contribution in [0.2, 0.25) is 5.02 Å². The normalized spacial score (nSPS) is 18.2. The Bertz CT molecular complexity index is 413. The molecule has 1 nitrogen and oxygen atoms in total. The molecule has 1 aromatic carbocycles. The zero-order chi connectivity index (χ0) is 12.6. The third-order valence-corrected chi connectivity index (χ3v) is 3.24. The van der Waals surface area contributed by atoms with Gasteiger partial charge in [-0.3, -0.25) is 0 Å². The van der Waals surface area contributed by atoms with Crippen molar-refractivity contribution in [2.75, 3.05) is 0 Å².